The minimum Gasteiger partial charge on any atom is -0.343 e. The molecular formula is C21H25N3O3. The van der Waals surface area contributed by atoms with Gasteiger partial charge in [0.2, 0.25) is 11.8 Å². The molecule has 0 aliphatic heterocycles. The van der Waals surface area contributed by atoms with Crippen molar-refractivity contribution in [3.8, 4) is 0 Å². The summed E-state index contributed by atoms with van der Waals surface area (Å²) < 4.78 is 0. The summed E-state index contributed by atoms with van der Waals surface area (Å²) in [7, 11) is 1.53. The Morgan fingerprint density at radius 2 is 1.48 bits per heavy atom. The maximum Gasteiger partial charge on any atom is 0.251 e. The fraction of sp³-hybridized carbons (Fsp3) is 0.286. The van der Waals surface area contributed by atoms with E-state index in [1.165, 1.54) is 11.9 Å². The van der Waals surface area contributed by atoms with E-state index in [1.807, 2.05) is 39.0 Å². The van der Waals surface area contributed by atoms with E-state index in [0.717, 1.165) is 16.7 Å². The van der Waals surface area contributed by atoms with Crippen molar-refractivity contribution in [2.75, 3.05) is 25.5 Å². The number of carbonyl (C=O) groups excluding carboxylic acids is 3. The van der Waals surface area contributed by atoms with E-state index in [2.05, 4.69) is 10.6 Å². The first-order chi connectivity index (χ1) is 12.7. The first kappa shape index (κ1) is 20.2. The third-order valence-corrected chi connectivity index (χ3v) is 4.03. The van der Waals surface area contributed by atoms with Crippen molar-refractivity contribution >= 4 is 23.4 Å². The number of rotatable bonds is 6. The van der Waals surface area contributed by atoms with Gasteiger partial charge in [-0.05, 0) is 45.0 Å². The van der Waals surface area contributed by atoms with Crippen LogP contribution in [0, 0.1) is 20.8 Å². The van der Waals surface area contributed by atoms with E-state index in [9.17, 15) is 14.4 Å². The second kappa shape index (κ2) is 8.98. The van der Waals surface area contributed by atoms with E-state index in [1.54, 1.807) is 24.3 Å². The van der Waals surface area contributed by atoms with Gasteiger partial charge in [0, 0.05) is 18.3 Å². The number of amides is 3. The van der Waals surface area contributed by atoms with Crippen LogP contribution in [-0.2, 0) is 9.59 Å². The lowest BCUT2D eigenvalue weighted by Gasteiger charge is -2.17. The Balaban J connectivity index is 1.83. The molecule has 0 unspecified atom stereocenters. The first-order valence-electron chi connectivity index (χ1n) is 8.71. The third kappa shape index (κ3) is 6.26. The number of hydrogen-bond acceptors (Lipinski definition) is 3. The van der Waals surface area contributed by atoms with Gasteiger partial charge in [0.1, 0.15) is 0 Å². The molecule has 2 rings (SSSR count). The third-order valence-electron chi connectivity index (χ3n) is 4.03. The van der Waals surface area contributed by atoms with E-state index in [0.29, 0.717) is 11.3 Å². The molecule has 0 aromatic heterocycles. The summed E-state index contributed by atoms with van der Waals surface area (Å²) in [5.41, 5.74) is 4.25. The molecule has 6 heteroatoms. The van der Waals surface area contributed by atoms with Crippen LogP contribution in [0.5, 0.6) is 0 Å². The summed E-state index contributed by atoms with van der Waals surface area (Å²) in [4.78, 5) is 37.7. The molecule has 0 saturated carbocycles. The van der Waals surface area contributed by atoms with E-state index in [-0.39, 0.29) is 30.8 Å². The standard InChI is InChI=1S/C21H25N3O3/c1-14-5-7-18(8-6-14)23-19(25)13-24(4)20(26)12-22-21(27)17-10-15(2)9-16(3)11-17/h5-11H,12-13H2,1-4H3,(H,22,27)(H,23,25). The summed E-state index contributed by atoms with van der Waals surface area (Å²) in [5.74, 6) is -0.949. The maximum absolute atomic E-state index is 12.2. The normalized spacial score (nSPS) is 10.2. The molecule has 0 heterocycles. The molecule has 0 aliphatic carbocycles. The predicted octanol–water partition coefficient (Wildman–Crippen LogP) is 2.44. The smallest absolute Gasteiger partial charge is 0.251 e. The van der Waals surface area contributed by atoms with Gasteiger partial charge < -0.3 is 15.5 Å². The van der Waals surface area contributed by atoms with Gasteiger partial charge in [-0.25, -0.2) is 0 Å². The number of carbonyl (C=O) groups is 3. The van der Waals surface area contributed by atoms with Crippen LogP contribution < -0.4 is 10.6 Å². The number of benzene rings is 2. The number of likely N-dealkylation sites (N-methyl/N-ethyl adjacent to an activating group) is 1. The van der Waals surface area contributed by atoms with Crippen LogP contribution in [-0.4, -0.2) is 42.8 Å². The highest BCUT2D eigenvalue weighted by Crippen LogP contribution is 2.09. The lowest BCUT2D eigenvalue weighted by molar-refractivity contribution is -0.132. The summed E-state index contributed by atoms with van der Waals surface area (Å²) in [6.07, 6.45) is 0. The maximum atomic E-state index is 12.2. The monoisotopic (exact) mass is 367 g/mol. The predicted molar refractivity (Wildman–Crippen MR) is 106 cm³/mol. The molecule has 0 bridgehead atoms. The van der Waals surface area contributed by atoms with Gasteiger partial charge in [0.25, 0.3) is 5.91 Å². The molecule has 0 saturated heterocycles. The largest absolute Gasteiger partial charge is 0.343 e. The van der Waals surface area contributed by atoms with E-state index >= 15 is 0 Å². The summed E-state index contributed by atoms with van der Waals surface area (Å²) in [6, 6.07) is 12.9. The fourth-order valence-corrected chi connectivity index (χ4v) is 2.64. The fourth-order valence-electron chi connectivity index (χ4n) is 2.64. The van der Waals surface area contributed by atoms with Gasteiger partial charge in [0.15, 0.2) is 0 Å². The van der Waals surface area contributed by atoms with Crippen molar-refractivity contribution in [1.82, 2.24) is 10.2 Å². The summed E-state index contributed by atoms with van der Waals surface area (Å²) in [5, 5.41) is 5.34. The van der Waals surface area contributed by atoms with Crippen LogP contribution >= 0.6 is 0 Å². The van der Waals surface area contributed by atoms with Gasteiger partial charge in [-0.1, -0.05) is 34.9 Å². The van der Waals surface area contributed by atoms with Crippen molar-refractivity contribution in [3.63, 3.8) is 0 Å². The number of anilines is 1. The molecule has 2 aromatic rings. The lowest BCUT2D eigenvalue weighted by Crippen LogP contribution is -2.41. The number of aryl methyl sites for hydroxylation is 3. The minimum absolute atomic E-state index is 0.0911. The van der Waals surface area contributed by atoms with Gasteiger partial charge in [0.05, 0.1) is 13.1 Å². The molecule has 0 spiro atoms. The number of nitrogens with one attached hydrogen (secondary N) is 2. The van der Waals surface area contributed by atoms with E-state index < -0.39 is 0 Å². The molecule has 0 aliphatic rings. The minimum atomic E-state index is -0.341. The molecule has 0 atom stereocenters. The highest BCUT2D eigenvalue weighted by Gasteiger charge is 2.15. The molecular weight excluding hydrogens is 342 g/mol. The topological polar surface area (TPSA) is 78.5 Å². The van der Waals surface area contributed by atoms with Gasteiger partial charge in [-0.2, -0.15) is 0 Å². The quantitative estimate of drug-likeness (QED) is 0.823. The SMILES string of the molecule is Cc1ccc(NC(=O)CN(C)C(=O)CNC(=O)c2cc(C)cc(C)c2)cc1. The summed E-state index contributed by atoms with van der Waals surface area (Å²) >= 11 is 0. The van der Waals surface area contributed by atoms with Crippen LogP contribution in [0.2, 0.25) is 0 Å². The van der Waals surface area contributed by atoms with Crippen molar-refractivity contribution < 1.29 is 14.4 Å². The van der Waals surface area contributed by atoms with Crippen LogP contribution in [0.3, 0.4) is 0 Å². The Morgan fingerprint density at radius 3 is 2.07 bits per heavy atom. The Labute approximate surface area is 159 Å². The highest BCUT2D eigenvalue weighted by molar-refractivity contribution is 5.98. The zero-order valence-corrected chi connectivity index (χ0v) is 16.1. The molecule has 6 nitrogen and oxygen atoms in total. The van der Waals surface area contributed by atoms with Crippen LogP contribution in [0.4, 0.5) is 5.69 Å². The van der Waals surface area contributed by atoms with Crippen molar-refractivity contribution in [1.29, 1.82) is 0 Å². The van der Waals surface area contributed by atoms with Crippen LogP contribution in [0.25, 0.3) is 0 Å². The van der Waals surface area contributed by atoms with Crippen LogP contribution in [0.15, 0.2) is 42.5 Å². The average molecular weight is 367 g/mol. The second-order valence-electron chi connectivity index (χ2n) is 6.72. The molecule has 0 fully saturated rings. The number of hydrogen-bond donors (Lipinski definition) is 2. The van der Waals surface area contributed by atoms with Crippen molar-refractivity contribution in [2.45, 2.75) is 20.8 Å². The zero-order valence-electron chi connectivity index (χ0n) is 16.1. The molecule has 27 heavy (non-hydrogen) atoms. The summed E-state index contributed by atoms with van der Waals surface area (Å²) in [6.45, 7) is 5.53. The van der Waals surface area contributed by atoms with Gasteiger partial charge in [-0.3, -0.25) is 14.4 Å². The zero-order chi connectivity index (χ0) is 20.0. The second-order valence-corrected chi connectivity index (χ2v) is 6.72. The van der Waals surface area contributed by atoms with Gasteiger partial charge in [-0.15, -0.1) is 0 Å². The van der Waals surface area contributed by atoms with Crippen molar-refractivity contribution in [3.05, 3.63) is 64.7 Å². The molecule has 2 N–H and O–H groups in total. The lowest BCUT2D eigenvalue weighted by atomic mass is 10.1. The Morgan fingerprint density at radius 1 is 0.889 bits per heavy atom. The Kier molecular flexibility index (Phi) is 6.71. The van der Waals surface area contributed by atoms with Crippen molar-refractivity contribution in [2.24, 2.45) is 0 Å². The molecule has 142 valence electrons. The number of nitrogens with zero attached hydrogens (tertiary/aromatic N) is 1. The Hall–Kier alpha value is -3.15. The molecule has 2 aromatic carbocycles. The average Bonchev–Trinajstić information content (AvgIpc) is 2.60. The van der Waals surface area contributed by atoms with Gasteiger partial charge >= 0.3 is 0 Å². The molecule has 0 radical (unpaired) electrons. The highest BCUT2D eigenvalue weighted by atomic mass is 16.2. The first-order valence-corrected chi connectivity index (χ1v) is 8.71. The van der Waals surface area contributed by atoms with Crippen LogP contribution in [0.1, 0.15) is 27.0 Å². The van der Waals surface area contributed by atoms with E-state index in [4.69, 9.17) is 0 Å². The molecule has 3 amide bonds. The Bertz CT molecular complexity index is 824.